The Balaban J connectivity index is 1.93. The lowest BCUT2D eigenvalue weighted by atomic mass is 9.82. The maximum absolute atomic E-state index is 11.0. The number of hydrogen-bond donors (Lipinski definition) is 2. The molecular formula is C11H17N3O2. The molecule has 1 aliphatic rings. The molecule has 1 saturated heterocycles. The van der Waals surface area contributed by atoms with Gasteiger partial charge in [0.25, 0.3) is 5.56 Å². The molecule has 0 unspecified atom stereocenters. The molecule has 2 N–H and O–H groups in total. The molecule has 1 aromatic rings. The van der Waals surface area contributed by atoms with Crippen molar-refractivity contribution in [2.45, 2.75) is 19.8 Å². The highest BCUT2D eigenvalue weighted by atomic mass is 16.5. The van der Waals surface area contributed by atoms with Gasteiger partial charge in [0, 0.05) is 25.8 Å². The molecule has 1 aromatic heterocycles. The summed E-state index contributed by atoms with van der Waals surface area (Å²) in [5.41, 5.74) is 0.847. The molecule has 0 bridgehead atoms. The molecule has 5 nitrogen and oxygen atoms in total. The fourth-order valence-electron chi connectivity index (χ4n) is 1.83. The first-order chi connectivity index (χ1) is 7.68. The Labute approximate surface area is 94.2 Å². The van der Waals surface area contributed by atoms with E-state index in [1.807, 2.05) is 0 Å². The summed E-state index contributed by atoms with van der Waals surface area (Å²) < 4.78 is 5.34. The van der Waals surface area contributed by atoms with Crippen molar-refractivity contribution in [3.63, 3.8) is 0 Å². The van der Waals surface area contributed by atoms with Crippen LogP contribution in [0, 0.1) is 5.41 Å². The normalized spacial score (nSPS) is 19.3. The summed E-state index contributed by atoms with van der Waals surface area (Å²) in [6.45, 7) is 4.74. The number of rotatable bonds is 3. The van der Waals surface area contributed by atoms with Gasteiger partial charge in [0.1, 0.15) is 0 Å². The lowest BCUT2D eigenvalue weighted by Gasteiger charge is -2.33. The second-order valence-electron chi connectivity index (χ2n) is 4.61. The van der Waals surface area contributed by atoms with Crippen LogP contribution in [0.4, 0.5) is 5.69 Å². The van der Waals surface area contributed by atoms with Gasteiger partial charge in [-0.05, 0) is 18.3 Å². The summed E-state index contributed by atoms with van der Waals surface area (Å²) in [6, 6.07) is 1.52. The highest BCUT2D eigenvalue weighted by Crippen LogP contribution is 2.29. The van der Waals surface area contributed by atoms with Crippen LogP contribution >= 0.6 is 0 Å². The average Bonchev–Trinajstić information content (AvgIpc) is 2.28. The van der Waals surface area contributed by atoms with Crippen molar-refractivity contribution in [2.75, 3.05) is 25.1 Å². The van der Waals surface area contributed by atoms with Crippen LogP contribution in [0.2, 0.25) is 0 Å². The van der Waals surface area contributed by atoms with Crippen LogP contribution in [0.15, 0.2) is 17.1 Å². The Kier molecular flexibility index (Phi) is 3.24. The maximum atomic E-state index is 11.0. The standard InChI is InChI=1S/C11H17N3O2/c1-11(2-4-16-5-3-11)8-12-9-6-10(15)14-13-7-9/h6-7H,2-5,8H2,1H3,(H2,12,14,15). The van der Waals surface area contributed by atoms with Crippen molar-refractivity contribution < 1.29 is 4.74 Å². The van der Waals surface area contributed by atoms with E-state index >= 15 is 0 Å². The van der Waals surface area contributed by atoms with E-state index < -0.39 is 0 Å². The summed E-state index contributed by atoms with van der Waals surface area (Å²) in [5, 5.41) is 9.36. The van der Waals surface area contributed by atoms with E-state index in [2.05, 4.69) is 22.4 Å². The van der Waals surface area contributed by atoms with E-state index in [1.165, 1.54) is 6.07 Å². The Bertz CT molecular complexity index is 396. The molecular weight excluding hydrogens is 206 g/mol. The molecule has 5 heteroatoms. The SMILES string of the molecule is CC1(CNc2cn[nH]c(=O)c2)CCOCC1. The van der Waals surface area contributed by atoms with E-state index in [0.717, 1.165) is 38.3 Å². The quantitative estimate of drug-likeness (QED) is 0.802. The van der Waals surface area contributed by atoms with E-state index in [1.54, 1.807) is 6.20 Å². The van der Waals surface area contributed by atoms with Crippen LogP contribution in [0.1, 0.15) is 19.8 Å². The van der Waals surface area contributed by atoms with Gasteiger partial charge in [-0.3, -0.25) is 4.79 Å². The lowest BCUT2D eigenvalue weighted by molar-refractivity contribution is 0.0300. The molecule has 0 radical (unpaired) electrons. The molecule has 0 aliphatic carbocycles. The van der Waals surface area contributed by atoms with Crippen LogP contribution < -0.4 is 10.9 Å². The van der Waals surface area contributed by atoms with Crippen molar-refractivity contribution in [3.05, 3.63) is 22.6 Å². The fourth-order valence-corrected chi connectivity index (χ4v) is 1.83. The Morgan fingerprint density at radius 3 is 3.00 bits per heavy atom. The van der Waals surface area contributed by atoms with Gasteiger partial charge >= 0.3 is 0 Å². The zero-order valence-electron chi connectivity index (χ0n) is 9.45. The Morgan fingerprint density at radius 1 is 1.56 bits per heavy atom. The maximum Gasteiger partial charge on any atom is 0.266 e. The first-order valence-corrected chi connectivity index (χ1v) is 5.54. The number of nitrogens with zero attached hydrogens (tertiary/aromatic N) is 1. The smallest absolute Gasteiger partial charge is 0.266 e. The van der Waals surface area contributed by atoms with Crippen LogP contribution in [-0.4, -0.2) is 30.0 Å². The van der Waals surface area contributed by atoms with Gasteiger partial charge in [-0.15, -0.1) is 0 Å². The van der Waals surface area contributed by atoms with Gasteiger partial charge in [-0.25, -0.2) is 5.10 Å². The van der Waals surface area contributed by atoms with Gasteiger partial charge in [-0.2, -0.15) is 5.10 Å². The molecule has 0 atom stereocenters. The summed E-state index contributed by atoms with van der Waals surface area (Å²) in [5.74, 6) is 0. The molecule has 0 saturated carbocycles. The zero-order chi connectivity index (χ0) is 11.4. The molecule has 0 spiro atoms. The summed E-state index contributed by atoms with van der Waals surface area (Å²) >= 11 is 0. The Hall–Kier alpha value is -1.36. The summed E-state index contributed by atoms with van der Waals surface area (Å²) in [4.78, 5) is 11.0. The van der Waals surface area contributed by atoms with Crippen molar-refractivity contribution in [2.24, 2.45) is 5.41 Å². The van der Waals surface area contributed by atoms with Crippen LogP contribution in [0.5, 0.6) is 0 Å². The number of anilines is 1. The predicted molar refractivity (Wildman–Crippen MR) is 61.5 cm³/mol. The number of ether oxygens (including phenoxy) is 1. The first kappa shape index (κ1) is 11.1. The summed E-state index contributed by atoms with van der Waals surface area (Å²) in [7, 11) is 0. The minimum Gasteiger partial charge on any atom is -0.383 e. The molecule has 2 rings (SSSR count). The second kappa shape index (κ2) is 4.65. The van der Waals surface area contributed by atoms with Gasteiger partial charge < -0.3 is 10.1 Å². The van der Waals surface area contributed by atoms with Gasteiger partial charge in [0.2, 0.25) is 0 Å². The average molecular weight is 223 g/mol. The Morgan fingerprint density at radius 2 is 2.31 bits per heavy atom. The fraction of sp³-hybridized carbons (Fsp3) is 0.636. The van der Waals surface area contributed by atoms with Crippen molar-refractivity contribution >= 4 is 5.69 Å². The third-order valence-electron chi connectivity index (χ3n) is 3.08. The number of H-pyrrole nitrogens is 1. The van der Waals surface area contributed by atoms with E-state index in [-0.39, 0.29) is 11.0 Å². The van der Waals surface area contributed by atoms with Gasteiger partial charge in [0.05, 0.1) is 11.9 Å². The number of nitrogens with one attached hydrogen (secondary N) is 2. The predicted octanol–water partition coefficient (Wildman–Crippen LogP) is 0.998. The molecule has 1 fully saturated rings. The zero-order valence-corrected chi connectivity index (χ0v) is 9.45. The first-order valence-electron chi connectivity index (χ1n) is 5.54. The number of aromatic nitrogens is 2. The van der Waals surface area contributed by atoms with Crippen LogP contribution in [0.25, 0.3) is 0 Å². The highest BCUT2D eigenvalue weighted by molar-refractivity contribution is 5.38. The highest BCUT2D eigenvalue weighted by Gasteiger charge is 2.26. The van der Waals surface area contributed by atoms with Crippen molar-refractivity contribution in [3.8, 4) is 0 Å². The molecule has 88 valence electrons. The van der Waals surface area contributed by atoms with Crippen LogP contribution in [0.3, 0.4) is 0 Å². The molecule has 2 heterocycles. The van der Waals surface area contributed by atoms with Gasteiger partial charge in [0.15, 0.2) is 0 Å². The minimum absolute atomic E-state index is 0.179. The third kappa shape index (κ3) is 2.82. The van der Waals surface area contributed by atoms with E-state index in [0.29, 0.717) is 0 Å². The van der Waals surface area contributed by atoms with Gasteiger partial charge in [-0.1, -0.05) is 6.92 Å². The van der Waals surface area contributed by atoms with E-state index in [4.69, 9.17) is 4.74 Å². The largest absolute Gasteiger partial charge is 0.383 e. The molecule has 1 aliphatic heterocycles. The van der Waals surface area contributed by atoms with Crippen molar-refractivity contribution in [1.82, 2.24) is 10.2 Å². The second-order valence-corrected chi connectivity index (χ2v) is 4.61. The van der Waals surface area contributed by atoms with E-state index in [9.17, 15) is 4.79 Å². The van der Waals surface area contributed by atoms with Crippen molar-refractivity contribution in [1.29, 1.82) is 0 Å². The molecule has 0 amide bonds. The number of hydrogen-bond acceptors (Lipinski definition) is 4. The molecule has 16 heavy (non-hydrogen) atoms. The third-order valence-corrected chi connectivity index (χ3v) is 3.08. The monoisotopic (exact) mass is 223 g/mol. The van der Waals surface area contributed by atoms with Crippen LogP contribution in [-0.2, 0) is 4.74 Å². The lowest BCUT2D eigenvalue weighted by Crippen LogP contribution is -2.33. The number of aromatic amines is 1. The molecule has 0 aromatic carbocycles. The summed E-state index contributed by atoms with van der Waals surface area (Å²) in [6.07, 6.45) is 3.73. The minimum atomic E-state index is -0.179. The topological polar surface area (TPSA) is 67.0 Å².